The van der Waals surface area contributed by atoms with Crippen molar-refractivity contribution < 1.29 is 0 Å². The maximum atomic E-state index is 4.42. The van der Waals surface area contributed by atoms with E-state index in [-0.39, 0.29) is 0 Å². The third-order valence-electron chi connectivity index (χ3n) is 2.61. The lowest BCUT2D eigenvalue weighted by atomic mass is 10.2. The smallest absolute Gasteiger partial charge is 0.147 e. The summed E-state index contributed by atoms with van der Waals surface area (Å²) in [5.74, 6) is 0.973. The molecule has 1 aromatic carbocycles. The zero-order valence-electron chi connectivity index (χ0n) is 9.18. The zero-order chi connectivity index (χ0) is 11.5. The first-order chi connectivity index (χ1) is 8.43. The minimum atomic E-state index is 0.846. The molecule has 0 fully saturated rings. The number of anilines is 1. The van der Waals surface area contributed by atoms with Crippen LogP contribution in [0.2, 0.25) is 0 Å². The van der Waals surface area contributed by atoms with Crippen LogP contribution in [0, 0.1) is 0 Å². The van der Waals surface area contributed by atoms with E-state index in [1.807, 2.05) is 18.3 Å². The van der Waals surface area contributed by atoms with Crippen LogP contribution >= 0.6 is 11.5 Å². The molecule has 2 aromatic heterocycles. The molecule has 0 atom stereocenters. The Kier molecular flexibility index (Phi) is 2.75. The Morgan fingerprint density at radius 2 is 2.24 bits per heavy atom. The van der Waals surface area contributed by atoms with Gasteiger partial charge in [0.25, 0.3) is 0 Å². The number of fused-ring (bicyclic) bond motifs is 1. The van der Waals surface area contributed by atoms with Gasteiger partial charge in [0.15, 0.2) is 0 Å². The largest absolute Gasteiger partial charge is 0.368 e. The van der Waals surface area contributed by atoms with Gasteiger partial charge in [-0.1, -0.05) is 12.1 Å². The second-order valence-corrected chi connectivity index (χ2v) is 4.57. The van der Waals surface area contributed by atoms with Crippen LogP contribution in [0.3, 0.4) is 0 Å². The number of hydrogen-bond acceptors (Lipinski definition) is 4. The summed E-state index contributed by atoms with van der Waals surface area (Å²) in [4.78, 5) is 7.13. The highest BCUT2D eigenvalue weighted by molar-refractivity contribution is 7.13. The van der Waals surface area contributed by atoms with Crippen LogP contribution in [0.4, 0.5) is 5.82 Å². The second-order valence-electron chi connectivity index (χ2n) is 3.76. The van der Waals surface area contributed by atoms with Crippen molar-refractivity contribution in [1.29, 1.82) is 0 Å². The molecular formula is C12H12N4S. The van der Waals surface area contributed by atoms with Crippen LogP contribution in [0.1, 0.15) is 5.69 Å². The Balaban J connectivity index is 1.69. The van der Waals surface area contributed by atoms with Crippen molar-refractivity contribution in [2.75, 3.05) is 11.9 Å². The third-order valence-corrected chi connectivity index (χ3v) is 3.43. The minimum absolute atomic E-state index is 0.846. The number of rotatable bonds is 4. The maximum Gasteiger partial charge on any atom is 0.147 e. The molecule has 0 aliphatic heterocycles. The fraction of sp³-hybridized carbons (Fsp3) is 0.167. The Labute approximate surface area is 103 Å². The summed E-state index contributed by atoms with van der Waals surface area (Å²) in [6, 6.07) is 8.26. The highest BCUT2D eigenvalue weighted by Crippen LogP contribution is 2.25. The normalized spacial score (nSPS) is 10.8. The number of imidazole rings is 1. The fourth-order valence-corrected chi connectivity index (χ4v) is 2.50. The molecule has 0 aliphatic carbocycles. The molecule has 0 amide bonds. The summed E-state index contributed by atoms with van der Waals surface area (Å²) >= 11 is 1.53. The molecule has 86 valence electrons. The summed E-state index contributed by atoms with van der Waals surface area (Å²) in [5, 5.41) is 4.55. The SMILES string of the molecule is c1ccc2c(NCCc3c[nH]cn3)nsc2c1. The molecule has 0 radical (unpaired) electrons. The number of nitrogens with one attached hydrogen (secondary N) is 2. The summed E-state index contributed by atoms with van der Waals surface area (Å²) in [5.41, 5.74) is 1.07. The highest BCUT2D eigenvalue weighted by Gasteiger charge is 2.04. The first kappa shape index (κ1) is 10.3. The Bertz CT molecular complexity index is 600. The van der Waals surface area contributed by atoms with Crippen molar-refractivity contribution in [3.63, 3.8) is 0 Å². The lowest BCUT2D eigenvalue weighted by molar-refractivity contribution is 0.974. The van der Waals surface area contributed by atoms with E-state index in [0.29, 0.717) is 0 Å². The molecule has 2 heterocycles. The van der Waals surface area contributed by atoms with E-state index < -0.39 is 0 Å². The molecule has 17 heavy (non-hydrogen) atoms. The average Bonchev–Trinajstić information content (AvgIpc) is 2.99. The van der Waals surface area contributed by atoms with Gasteiger partial charge in [-0.25, -0.2) is 4.98 Å². The van der Waals surface area contributed by atoms with E-state index in [2.05, 4.69) is 31.8 Å². The van der Waals surface area contributed by atoms with Gasteiger partial charge in [0.05, 0.1) is 16.7 Å². The monoisotopic (exact) mass is 244 g/mol. The lowest BCUT2D eigenvalue weighted by Crippen LogP contribution is -2.05. The van der Waals surface area contributed by atoms with E-state index in [1.165, 1.54) is 21.6 Å². The van der Waals surface area contributed by atoms with E-state index in [0.717, 1.165) is 24.5 Å². The van der Waals surface area contributed by atoms with Crippen molar-refractivity contribution in [3.8, 4) is 0 Å². The maximum absolute atomic E-state index is 4.42. The molecule has 5 heteroatoms. The number of aromatic amines is 1. The minimum Gasteiger partial charge on any atom is -0.368 e. The molecule has 3 rings (SSSR count). The number of aromatic nitrogens is 3. The van der Waals surface area contributed by atoms with Gasteiger partial charge in [0, 0.05) is 24.5 Å². The Morgan fingerprint density at radius 1 is 1.29 bits per heavy atom. The van der Waals surface area contributed by atoms with Crippen LogP contribution < -0.4 is 5.32 Å². The molecule has 0 aliphatic rings. The van der Waals surface area contributed by atoms with Crippen LogP contribution in [0.15, 0.2) is 36.8 Å². The van der Waals surface area contributed by atoms with E-state index in [1.54, 1.807) is 6.33 Å². The summed E-state index contributed by atoms with van der Waals surface area (Å²) in [6.07, 6.45) is 4.52. The van der Waals surface area contributed by atoms with Crippen molar-refractivity contribution in [3.05, 3.63) is 42.5 Å². The van der Waals surface area contributed by atoms with Gasteiger partial charge in [0.2, 0.25) is 0 Å². The third kappa shape index (κ3) is 2.14. The van der Waals surface area contributed by atoms with Crippen molar-refractivity contribution in [2.24, 2.45) is 0 Å². The van der Waals surface area contributed by atoms with Gasteiger partial charge >= 0.3 is 0 Å². The predicted molar refractivity (Wildman–Crippen MR) is 70.4 cm³/mol. The van der Waals surface area contributed by atoms with E-state index >= 15 is 0 Å². The zero-order valence-corrected chi connectivity index (χ0v) is 10.00. The van der Waals surface area contributed by atoms with Gasteiger partial charge in [-0.3, -0.25) is 0 Å². The molecule has 0 spiro atoms. The van der Waals surface area contributed by atoms with Crippen LogP contribution in [-0.2, 0) is 6.42 Å². The van der Waals surface area contributed by atoms with Gasteiger partial charge in [0.1, 0.15) is 5.82 Å². The Hall–Kier alpha value is -1.88. The van der Waals surface area contributed by atoms with Gasteiger partial charge in [-0.2, -0.15) is 4.37 Å². The summed E-state index contributed by atoms with van der Waals surface area (Å²) in [6.45, 7) is 0.846. The quantitative estimate of drug-likeness (QED) is 0.742. The molecule has 0 saturated carbocycles. The predicted octanol–water partition coefficient (Wildman–Crippen LogP) is 2.67. The van der Waals surface area contributed by atoms with Crippen LogP contribution in [-0.4, -0.2) is 20.9 Å². The molecule has 3 aromatic rings. The first-order valence-electron chi connectivity index (χ1n) is 5.49. The van der Waals surface area contributed by atoms with Crippen LogP contribution in [0.25, 0.3) is 10.1 Å². The van der Waals surface area contributed by atoms with Gasteiger partial charge in [-0.15, -0.1) is 0 Å². The fourth-order valence-electron chi connectivity index (χ4n) is 1.75. The van der Waals surface area contributed by atoms with E-state index in [4.69, 9.17) is 0 Å². The number of hydrogen-bond donors (Lipinski definition) is 2. The second kappa shape index (κ2) is 4.55. The topological polar surface area (TPSA) is 53.6 Å². The molecule has 0 saturated heterocycles. The van der Waals surface area contributed by atoms with Gasteiger partial charge in [-0.05, 0) is 23.7 Å². The van der Waals surface area contributed by atoms with Crippen LogP contribution in [0.5, 0.6) is 0 Å². The average molecular weight is 244 g/mol. The number of nitrogens with zero attached hydrogens (tertiary/aromatic N) is 2. The molecule has 0 unspecified atom stereocenters. The standard InChI is InChI=1S/C12H12N4S/c1-2-4-11-10(3-1)12(16-17-11)14-6-5-9-7-13-8-15-9/h1-4,7-8H,5-6H2,(H,13,15)(H,14,16). The molecule has 2 N–H and O–H groups in total. The molecule has 4 nitrogen and oxygen atoms in total. The van der Waals surface area contributed by atoms with Crippen molar-refractivity contribution in [1.82, 2.24) is 14.3 Å². The molecule has 0 bridgehead atoms. The van der Waals surface area contributed by atoms with Crippen molar-refractivity contribution >= 4 is 27.4 Å². The molecular weight excluding hydrogens is 232 g/mol. The first-order valence-corrected chi connectivity index (χ1v) is 6.27. The number of benzene rings is 1. The Morgan fingerprint density at radius 3 is 3.12 bits per heavy atom. The van der Waals surface area contributed by atoms with Crippen molar-refractivity contribution in [2.45, 2.75) is 6.42 Å². The highest BCUT2D eigenvalue weighted by atomic mass is 32.1. The number of H-pyrrole nitrogens is 1. The van der Waals surface area contributed by atoms with E-state index in [9.17, 15) is 0 Å². The summed E-state index contributed by atoms with van der Waals surface area (Å²) < 4.78 is 5.63. The summed E-state index contributed by atoms with van der Waals surface area (Å²) in [7, 11) is 0. The lowest BCUT2D eigenvalue weighted by Gasteiger charge is -2.01. The van der Waals surface area contributed by atoms with Gasteiger partial charge < -0.3 is 10.3 Å².